The van der Waals surface area contributed by atoms with Gasteiger partial charge in [-0.2, -0.15) is 5.10 Å². The zero-order chi connectivity index (χ0) is 24.4. The lowest BCUT2D eigenvalue weighted by Crippen LogP contribution is -2.23. The molecule has 2 amide bonds. The molecule has 0 fully saturated rings. The van der Waals surface area contributed by atoms with Crippen LogP contribution in [0.4, 0.5) is 14.6 Å². The summed E-state index contributed by atoms with van der Waals surface area (Å²) in [6, 6.07) is 5.93. The number of amides is 2. The highest BCUT2D eigenvalue weighted by atomic mass is 35.5. The first kappa shape index (κ1) is 23.3. The van der Waals surface area contributed by atoms with Gasteiger partial charge in [0, 0.05) is 29.9 Å². The van der Waals surface area contributed by atoms with Crippen molar-refractivity contribution < 1.29 is 22.9 Å². The van der Waals surface area contributed by atoms with Crippen molar-refractivity contribution in [1.29, 1.82) is 0 Å². The lowest BCUT2D eigenvalue weighted by molar-refractivity contribution is 0.0945. The number of H-pyrrole nitrogens is 1. The highest BCUT2D eigenvalue weighted by molar-refractivity contribution is 6.34. The third-order valence-electron chi connectivity index (χ3n) is 4.72. The lowest BCUT2D eigenvalue weighted by atomic mass is 10.1. The van der Waals surface area contributed by atoms with E-state index in [0.717, 1.165) is 0 Å². The van der Waals surface area contributed by atoms with Crippen LogP contribution in [-0.2, 0) is 6.54 Å². The summed E-state index contributed by atoms with van der Waals surface area (Å²) in [4.78, 5) is 28.8. The molecule has 4 rings (SSSR count). The summed E-state index contributed by atoms with van der Waals surface area (Å²) in [6.45, 7) is 1.80. The van der Waals surface area contributed by atoms with Crippen molar-refractivity contribution in [2.45, 2.75) is 13.5 Å². The van der Waals surface area contributed by atoms with Crippen molar-refractivity contribution in [3.63, 3.8) is 0 Å². The average molecular weight is 507 g/mol. The number of pyridine rings is 1. The van der Waals surface area contributed by atoms with Crippen LogP contribution < -0.4 is 10.6 Å². The van der Waals surface area contributed by atoms with Crippen LogP contribution in [0, 0.1) is 18.6 Å². The van der Waals surface area contributed by atoms with E-state index in [4.69, 9.17) is 27.7 Å². The second kappa shape index (κ2) is 9.57. The van der Waals surface area contributed by atoms with Gasteiger partial charge in [-0.1, -0.05) is 28.4 Å². The maximum atomic E-state index is 13.4. The van der Waals surface area contributed by atoms with Gasteiger partial charge in [0.05, 0.1) is 16.3 Å². The molecular formula is C21H14Cl2F2N6O3. The molecule has 0 bridgehead atoms. The van der Waals surface area contributed by atoms with E-state index in [1.165, 1.54) is 12.3 Å². The van der Waals surface area contributed by atoms with Crippen LogP contribution >= 0.6 is 23.2 Å². The third kappa shape index (κ3) is 4.90. The topological polar surface area (TPSA) is 126 Å². The summed E-state index contributed by atoms with van der Waals surface area (Å²) in [6.07, 6.45) is 1.52. The molecule has 4 aromatic rings. The van der Waals surface area contributed by atoms with E-state index < -0.39 is 23.4 Å². The normalized spacial score (nSPS) is 10.9. The summed E-state index contributed by atoms with van der Waals surface area (Å²) in [7, 11) is 0. The van der Waals surface area contributed by atoms with E-state index in [1.807, 2.05) is 0 Å². The molecule has 0 atom stereocenters. The highest BCUT2D eigenvalue weighted by Crippen LogP contribution is 2.27. The van der Waals surface area contributed by atoms with Crippen LogP contribution in [-0.4, -0.2) is 32.2 Å². The van der Waals surface area contributed by atoms with Crippen molar-refractivity contribution in [2.24, 2.45) is 0 Å². The fourth-order valence-electron chi connectivity index (χ4n) is 3.01. The van der Waals surface area contributed by atoms with Gasteiger partial charge in [0.25, 0.3) is 11.8 Å². The average Bonchev–Trinajstić information content (AvgIpc) is 3.41. The maximum Gasteiger partial charge on any atom is 0.269 e. The van der Waals surface area contributed by atoms with Crippen LogP contribution in [0.2, 0.25) is 10.2 Å². The van der Waals surface area contributed by atoms with Gasteiger partial charge in [-0.25, -0.2) is 13.8 Å². The van der Waals surface area contributed by atoms with Crippen LogP contribution in [0.5, 0.6) is 0 Å². The molecule has 9 nitrogen and oxygen atoms in total. The summed E-state index contributed by atoms with van der Waals surface area (Å²) >= 11 is 11.7. The minimum atomic E-state index is -1.23. The van der Waals surface area contributed by atoms with E-state index in [1.54, 1.807) is 19.1 Å². The molecular weight excluding hydrogens is 493 g/mol. The Labute approximate surface area is 200 Å². The monoisotopic (exact) mass is 506 g/mol. The predicted molar refractivity (Wildman–Crippen MR) is 119 cm³/mol. The standard InChI is InChI=1S/C21H14Cl2F2N6O3/c1-9-12(19(34-31-9)10-2-3-26-17(23)4-10)8-27-21(33)16-7-18(30-29-16)28-20(32)11-5-14(24)15(25)6-13(11)22/h2-7H,8H2,1H3,(H,27,33)(H2,28,29,30,32). The third-order valence-corrected chi connectivity index (χ3v) is 5.24. The first-order valence-corrected chi connectivity index (χ1v) is 10.3. The largest absolute Gasteiger partial charge is 0.356 e. The van der Waals surface area contributed by atoms with E-state index >= 15 is 0 Å². The molecule has 0 aliphatic rings. The van der Waals surface area contributed by atoms with Crippen LogP contribution in [0.3, 0.4) is 0 Å². The fourth-order valence-corrected chi connectivity index (χ4v) is 3.42. The zero-order valence-corrected chi connectivity index (χ0v) is 18.8. The maximum absolute atomic E-state index is 13.4. The fraction of sp³-hybridized carbons (Fsp3) is 0.0952. The molecule has 3 N–H and O–H groups in total. The number of nitrogens with one attached hydrogen (secondary N) is 3. The summed E-state index contributed by atoms with van der Waals surface area (Å²) < 4.78 is 32.0. The second-order valence-corrected chi connectivity index (χ2v) is 7.79. The molecule has 0 saturated heterocycles. The van der Waals surface area contributed by atoms with Crippen LogP contribution in [0.15, 0.2) is 41.1 Å². The molecule has 34 heavy (non-hydrogen) atoms. The minimum Gasteiger partial charge on any atom is -0.356 e. The van der Waals surface area contributed by atoms with Gasteiger partial charge in [-0.15, -0.1) is 0 Å². The SMILES string of the molecule is Cc1noc(-c2ccnc(Cl)c2)c1CNC(=O)c1cc(NC(=O)c2cc(F)c(F)cc2Cl)n[nH]1. The molecule has 0 radical (unpaired) electrons. The number of carbonyl (C=O) groups excluding carboxylic acids is 2. The molecule has 0 unspecified atom stereocenters. The number of aromatic nitrogens is 4. The summed E-state index contributed by atoms with van der Waals surface area (Å²) in [5.41, 5.74) is 1.60. The Morgan fingerprint density at radius 1 is 1.12 bits per heavy atom. The van der Waals surface area contributed by atoms with Gasteiger partial charge in [0.15, 0.2) is 23.2 Å². The van der Waals surface area contributed by atoms with Crippen molar-refractivity contribution in [3.05, 3.63) is 80.9 Å². The van der Waals surface area contributed by atoms with Crippen molar-refractivity contribution in [1.82, 2.24) is 25.7 Å². The van der Waals surface area contributed by atoms with Gasteiger partial charge in [0.1, 0.15) is 10.8 Å². The number of benzene rings is 1. The predicted octanol–water partition coefficient (Wildman–Crippen LogP) is 4.54. The van der Waals surface area contributed by atoms with Crippen molar-refractivity contribution in [3.8, 4) is 11.3 Å². The number of rotatable bonds is 6. The van der Waals surface area contributed by atoms with E-state index in [9.17, 15) is 18.4 Å². The Morgan fingerprint density at radius 3 is 2.65 bits per heavy atom. The number of hydrogen-bond donors (Lipinski definition) is 3. The Hall–Kier alpha value is -3.83. The molecule has 13 heteroatoms. The molecule has 174 valence electrons. The molecule has 0 aliphatic carbocycles. The molecule has 0 saturated carbocycles. The number of aryl methyl sites for hydroxylation is 1. The highest BCUT2D eigenvalue weighted by Gasteiger charge is 2.19. The first-order valence-electron chi connectivity index (χ1n) is 9.59. The Balaban J connectivity index is 1.44. The zero-order valence-electron chi connectivity index (χ0n) is 17.2. The number of nitrogens with zero attached hydrogens (tertiary/aromatic N) is 3. The molecule has 3 heterocycles. The van der Waals surface area contributed by atoms with Crippen molar-refractivity contribution in [2.75, 3.05) is 5.32 Å². The molecule has 0 spiro atoms. The smallest absolute Gasteiger partial charge is 0.269 e. The first-order chi connectivity index (χ1) is 16.2. The Kier molecular flexibility index (Phi) is 6.57. The molecule has 1 aromatic carbocycles. The van der Waals surface area contributed by atoms with Crippen LogP contribution in [0.25, 0.3) is 11.3 Å². The van der Waals surface area contributed by atoms with E-state index in [0.29, 0.717) is 34.7 Å². The van der Waals surface area contributed by atoms with E-state index in [-0.39, 0.29) is 33.8 Å². The molecule has 0 aliphatic heterocycles. The van der Waals surface area contributed by atoms with Crippen molar-refractivity contribution >= 4 is 40.8 Å². The van der Waals surface area contributed by atoms with E-state index in [2.05, 4.69) is 31.0 Å². The number of anilines is 1. The van der Waals surface area contributed by atoms with Gasteiger partial charge < -0.3 is 15.2 Å². The molecule has 3 aromatic heterocycles. The number of carbonyl (C=O) groups is 2. The summed E-state index contributed by atoms with van der Waals surface area (Å²) in [5, 5.41) is 15.3. The van der Waals surface area contributed by atoms with Gasteiger partial charge in [-0.05, 0) is 31.2 Å². The van der Waals surface area contributed by atoms with Gasteiger partial charge >= 0.3 is 0 Å². The quantitative estimate of drug-likeness (QED) is 0.260. The number of hydrogen-bond acceptors (Lipinski definition) is 6. The Morgan fingerprint density at radius 2 is 1.88 bits per heavy atom. The van der Waals surface area contributed by atoms with Crippen LogP contribution in [0.1, 0.15) is 32.1 Å². The van der Waals surface area contributed by atoms with Gasteiger partial charge in [-0.3, -0.25) is 14.7 Å². The van der Waals surface area contributed by atoms with Gasteiger partial charge in [0.2, 0.25) is 0 Å². The number of halogens is 4. The second-order valence-electron chi connectivity index (χ2n) is 6.99. The lowest BCUT2D eigenvalue weighted by Gasteiger charge is -2.05. The minimum absolute atomic E-state index is 0.0239. The Bertz CT molecular complexity index is 1410. The number of aromatic amines is 1. The summed E-state index contributed by atoms with van der Waals surface area (Å²) in [5.74, 6) is -3.36.